The summed E-state index contributed by atoms with van der Waals surface area (Å²) in [5.74, 6) is 0. The van der Waals surface area contributed by atoms with Crippen molar-refractivity contribution in [1.82, 2.24) is 5.32 Å². The fraction of sp³-hybridized carbons (Fsp3) is 0.647. The Morgan fingerprint density at radius 2 is 1.84 bits per heavy atom. The summed E-state index contributed by atoms with van der Waals surface area (Å²) < 4.78 is 5.58. The number of nitrogens with one attached hydrogen (secondary N) is 1. The molecule has 104 valence electrons. The van der Waals surface area contributed by atoms with Crippen LogP contribution in [-0.4, -0.2) is 25.8 Å². The lowest BCUT2D eigenvalue weighted by molar-refractivity contribution is 0.0147. The molecule has 0 aromatic heterocycles. The van der Waals surface area contributed by atoms with Crippen molar-refractivity contribution in [2.24, 2.45) is 5.41 Å². The highest BCUT2D eigenvalue weighted by molar-refractivity contribution is 5.22. The summed E-state index contributed by atoms with van der Waals surface area (Å²) in [6.45, 7) is 5.17. The van der Waals surface area contributed by atoms with Gasteiger partial charge in [-0.25, -0.2) is 0 Å². The summed E-state index contributed by atoms with van der Waals surface area (Å²) >= 11 is 0. The highest BCUT2D eigenvalue weighted by atomic mass is 16.5. The predicted molar refractivity (Wildman–Crippen MR) is 78.4 cm³/mol. The quantitative estimate of drug-likeness (QED) is 0.877. The number of hydrogen-bond donors (Lipinski definition) is 1. The first-order chi connectivity index (χ1) is 9.26. The van der Waals surface area contributed by atoms with Gasteiger partial charge in [0.2, 0.25) is 0 Å². The van der Waals surface area contributed by atoms with Gasteiger partial charge in [-0.1, -0.05) is 29.8 Å². The molecule has 0 spiro atoms. The Morgan fingerprint density at radius 1 is 1.16 bits per heavy atom. The first-order valence-corrected chi connectivity index (χ1v) is 7.63. The topological polar surface area (TPSA) is 21.3 Å². The molecule has 0 radical (unpaired) electrons. The lowest BCUT2D eigenvalue weighted by Crippen LogP contribution is -2.41. The molecule has 1 N–H and O–H groups in total. The zero-order valence-electron chi connectivity index (χ0n) is 12.0. The van der Waals surface area contributed by atoms with E-state index in [-0.39, 0.29) is 0 Å². The lowest BCUT2D eigenvalue weighted by atomic mass is 9.75. The van der Waals surface area contributed by atoms with E-state index < -0.39 is 0 Å². The van der Waals surface area contributed by atoms with Crippen LogP contribution in [0.2, 0.25) is 0 Å². The minimum absolute atomic E-state index is 0.413. The highest BCUT2D eigenvalue weighted by Gasteiger charge is 2.34. The van der Waals surface area contributed by atoms with Gasteiger partial charge < -0.3 is 10.1 Å². The van der Waals surface area contributed by atoms with Gasteiger partial charge in [0, 0.05) is 25.8 Å². The molecule has 1 aromatic rings. The minimum Gasteiger partial charge on any atom is -0.381 e. The van der Waals surface area contributed by atoms with Crippen LogP contribution in [0.5, 0.6) is 0 Å². The van der Waals surface area contributed by atoms with Crippen molar-refractivity contribution >= 4 is 0 Å². The van der Waals surface area contributed by atoms with Crippen LogP contribution in [0, 0.1) is 12.3 Å². The van der Waals surface area contributed by atoms with Gasteiger partial charge in [0.05, 0.1) is 0 Å². The molecule has 1 heterocycles. The first kappa shape index (κ1) is 13.1. The number of hydrogen-bond acceptors (Lipinski definition) is 2. The van der Waals surface area contributed by atoms with Gasteiger partial charge >= 0.3 is 0 Å². The Morgan fingerprint density at radius 3 is 2.47 bits per heavy atom. The molecule has 3 rings (SSSR count). The van der Waals surface area contributed by atoms with Crippen LogP contribution >= 0.6 is 0 Å². The largest absolute Gasteiger partial charge is 0.381 e. The van der Waals surface area contributed by atoms with Crippen molar-refractivity contribution in [3.05, 3.63) is 35.4 Å². The number of benzene rings is 1. The Kier molecular flexibility index (Phi) is 3.90. The first-order valence-electron chi connectivity index (χ1n) is 7.63. The average Bonchev–Trinajstić information content (AvgIpc) is 3.25. The maximum absolute atomic E-state index is 5.58. The summed E-state index contributed by atoms with van der Waals surface area (Å²) in [4.78, 5) is 0. The van der Waals surface area contributed by atoms with Gasteiger partial charge in [0.1, 0.15) is 0 Å². The van der Waals surface area contributed by atoms with Crippen molar-refractivity contribution in [3.8, 4) is 0 Å². The van der Waals surface area contributed by atoms with Crippen LogP contribution < -0.4 is 5.32 Å². The normalized spacial score (nSPS) is 22.4. The van der Waals surface area contributed by atoms with Crippen molar-refractivity contribution in [3.63, 3.8) is 0 Å². The Bertz CT molecular complexity index is 402. The second-order valence-electron chi connectivity index (χ2n) is 6.43. The molecule has 2 aliphatic rings. The third kappa shape index (κ3) is 3.58. The van der Waals surface area contributed by atoms with Gasteiger partial charge in [-0.15, -0.1) is 0 Å². The van der Waals surface area contributed by atoms with E-state index >= 15 is 0 Å². The molecule has 1 aromatic carbocycles. The number of rotatable bonds is 5. The minimum atomic E-state index is 0.413. The molecular formula is C17H25NO. The van der Waals surface area contributed by atoms with E-state index in [1.165, 1.54) is 43.2 Å². The summed E-state index contributed by atoms with van der Waals surface area (Å²) in [7, 11) is 0. The van der Waals surface area contributed by atoms with E-state index in [0.717, 1.165) is 25.8 Å². The van der Waals surface area contributed by atoms with Crippen LogP contribution in [0.25, 0.3) is 0 Å². The standard InChI is InChI=1S/C17H25NO/c1-14-2-4-15(5-3-14)12-17(8-10-19-11-9-17)13-18-16-6-7-16/h2-5,16,18H,6-13H2,1H3. The van der Waals surface area contributed by atoms with E-state index in [2.05, 4.69) is 36.5 Å². The maximum atomic E-state index is 5.58. The monoisotopic (exact) mass is 259 g/mol. The SMILES string of the molecule is Cc1ccc(CC2(CNC3CC3)CCOCC2)cc1. The Labute approximate surface area is 116 Å². The van der Waals surface area contributed by atoms with Gasteiger partial charge in [0.15, 0.2) is 0 Å². The zero-order chi connectivity index (χ0) is 13.1. The smallest absolute Gasteiger partial charge is 0.0471 e. The Hall–Kier alpha value is -0.860. The van der Waals surface area contributed by atoms with Crippen LogP contribution in [0.1, 0.15) is 36.8 Å². The number of ether oxygens (including phenoxy) is 1. The molecule has 1 aliphatic carbocycles. The zero-order valence-corrected chi connectivity index (χ0v) is 12.0. The van der Waals surface area contributed by atoms with Crippen molar-refractivity contribution in [2.45, 2.75) is 45.1 Å². The van der Waals surface area contributed by atoms with Crippen molar-refractivity contribution in [1.29, 1.82) is 0 Å². The fourth-order valence-electron chi connectivity index (χ4n) is 3.01. The molecule has 1 saturated carbocycles. The van der Waals surface area contributed by atoms with E-state index in [9.17, 15) is 0 Å². The van der Waals surface area contributed by atoms with E-state index in [1.807, 2.05) is 0 Å². The second kappa shape index (κ2) is 5.64. The molecule has 0 amide bonds. The van der Waals surface area contributed by atoms with Gasteiger partial charge in [-0.2, -0.15) is 0 Å². The third-order valence-corrected chi connectivity index (χ3v) is 4.60. The predicted octanol–water partition coefficient (Wildman–Crippen LogP) is 3.09. The molecule has 2 nitrogen and oxygen atoms in total. The van der Waals surface area contributed by atoms with Gasteiger partial charge in [0.25, 0.3) is 0 Å². The van der Waals surface area contributed by atoms with E-state index in [4.69, 9.17) is 4.74 Å². The van der Waals surface area contributed by atoms with Crippen molar-refractivity contribution < 1.29 is 4.74 Å². The molecule has 2 heteroatoms. The molecule has 19 heavy (non-hydrogen) atoms. The average molecular weight is 259 g/mol. The van der Waals surface area contributed by atoms with Gasteiger partial charge in [-0.3, -0.25) is 0 Å². The molecule has 0 unspecified atom stereocenters. The second-order valence-corrected chi connectivity index (χ2v) is 6.43. The molecule has 2 fully saturated rings. The molecular weight excluding hydrogens is 234 g/mol. The van der Waals surface area contributed by atoms with Crippen molar-refractivity contribution in [2.75, 3.05) is 19.8 Å². The van der Waals surface area contributed by atoms with E-state index in [1.54, 1.807) is 0 Å². The van der Waals surface area contributed by atoms with Crippen LogP contribution in [0.3, 0.4) is 0 Å². The maximum Gasteiger partial charge on any atom is 0.0471 e. The summed E-state index contributed by atoms with van der Waals surface area (Å²) in [6, 6.07) is 9.86. The molecule has 1 aliphatic heterocycles. The molecule has 1 saturated heterocycles. The van der Waals surface area contributed by atoms with Crippen LogP contribution in [-0.2, 0) is 11.2 Å². The van der Waals surface area contributed by atoms with Crippen LogP contribution in [0.4, 0.5) is 0 Å². The summed E-state index contributed by atoms with van der Waals surface area (Å²) in [5.41, 5.74) is 3.24. The highest BCUT2D eigenvalue weighted by Crippen LogP contribution is 2.35. The van der Waals surface area contributed by atoms with Gasteiger partial charge in [-0.05, 0) is 50.0 Å². The fourth-order valence-corrected chi connectivity index (χ4v) is 3.01. The molecule has 0 bridgehead atoms. The van der Waals surface area contributed by atoms with Crippen LogP contribution in [0.15, 0.2) is 24.3 Å². The number of aryl methyl sites for hydroxylation is 1. The third-order valence-electron chi connectivity index (χ3n) is 4.60. The summed E-state index contributed by atoms with van der Waals surface area (Å²) in [5, 5.41) is 3.74. The molecule has 0 atom stereocenters. The van der Waals surface area contributed by atoms with E-state index in [0.29, 0.717) is 5.41 Å². The Balaban J connectivity index is 1.68. The summed E-state index contributed by atoms with van der Waals surface area (Å²) in [6.07, 6.45) is 6.33. The lowest BCUT2D eigenvalue weighted by Gasteiger charge is -2.38.